The summed E-state index contributed by atoms with van der Waals surface area (Å²) in [5.41, 5.74) is 0. The van der Waals surface area contributed by atoms with Crippen molar-refractivity contribution in [1.82, 2.24) is 10.2 Å². The lowest BCUT2D eigenvalue weighted by Crippen LogP contribution is -2.56. The van der Waals surface area contributed by atoms with Crippen LogP contribution in [-0.2, 0) is 4.74 Å². The first-order valence-corrected chi connectivity index (χ1v) is 8.83. The van der Waals surface area contributed by atoms with Crippen LogP contribution < -0.4 is 5.32 Å². The molecule has 0 aromatic rings. The minimum absolute atomic E-state index is 0.787. The molecule has 2 rings (SSSR count). The highest BCUT2D eigenvalue weighted by molar-refractivity contribution is 4.94. The van der Waals surface area contributed by atoms with E-state index >= 15 is 0 Å². The smallest absolute Gasteiger partial charge is 0.0462 e. The van der Waals surface area contributed by atoms with Gasteiger partial charge in [0.25, 0.3) is 0 Å². The fourth-order valence-corrected chi connectivity index (χ4v) is 4.08. The van der Waals surface area contributed by atoms with E-state index in [-0.39, 0.29) is 0 Å². The molecule has 2 atom stereocenters. The molecule has 3 heteroatoms. The number of fused-ring (bicyclic) bond motifs is 2. The van der Waals surface area contributed by atoms with E-state index < -0.39 is 0 Å². The molecule has 0 aromatic carbocycles. The molecule has 2 saturated heterocycles. The second kappa shape index (κ2) is 9.01. The molecule has 3 nitrogen and oxygen atoms in total. The van der Waals surface area contributed by atoms with Crippen LogP contribution in [0, 0.1) is 0 Å². The van der Waals surface area contributed by atoms with Gasteiger partial charge in [-0.3, -0.25) is 4.90 Å². The Hall–Kier alpha value is -0.120. The average Bonchev–Trinajstić information content (AvgIpc) is 2.44. The van der Waals surface area contributed by atoms with Crippen LogP contribution in [0.15, 0.2) is 0 Å². The summed E-state index contributed by atoms with van der Waals surface area (Å²) in [6, 6.07) is 2.51. The molecule has 0 spiro atoms. The molecule has 0 amide bonds. The van der Waals surface area contributed by atoms with E-state index in [4.69, 9.17) is 4.74 Å². The number of methoxy groups -OCH3 is 1. The maximum absolute atomic E-state index is 5.14. The minimum Gasteiger partial charge on any atom is -0.385 e. The Kier molecular flexibility index (Phi) is 7.32. The van der Waals surface area contributed by atoms with Crippen LogP contribution in [0.4, 0.5) is 0 Å². The molecule has 2 aliphatic heterocycles. The SMILES string of the molecule is CCCNC1CC2CCCC(C1)N2CCCCCOC. The lowest BCUT2D eigenvalue weighted by Gasteiger charge is -2.49. The Morgan fingerprint density at radius 2 is 1.85 bits per heavy atom. The van der Waals surface area contributed by atoms with Gasteiger partial charge in [-0.2, -0.15) is 0 Å². The van der Waals surface area contributed by atoms with Crippen LogP contribution in [0.25, 0.3) is 0 Å². The van der Waals surface area contributed by atoms with E-state index in [2.05, 4.69) is 17.1 Å². The van der Waals surface area contributed by atoms with Gasteiger partial charge in [0.2, 0.25) is 0 Å². The molecule has 2 unspecified atom stereocenters. The first-order valence-electron chi connectivity index (χ1n) is 8.83. The molecule has 118 valence electrons. The summed E-state index contributed by atoms with van der Waals surface area (Å²) in [5, 5.41) is 3.76. The van der Waals surface area contributed by atoms with Crippen LogP contribution in [-0.4, -0.2) is 49.8 Å². The zero-order chi connectivity index (χ0) is 14.2. The van der Waals surface area contributed by atoms with Crippen LogP contribution in [0.3, 0.4) is 0 Å². The Labute approximate surface area is 125 Å². The lowest BCUT2D eigenvalue weighted by atomic mass is 9.81. The Morgan fingerprint density at radius 1 is 1.10 bits per heavy atom. The molecule has 0 saturated carbocycles. The fourth-order valence-electron chi connectivity index (χ4n) is 4.08. The topological polar surface area (TPSA) is 24.5 Å². The molecule has 0 aliphatic carbocycles. The summed E-state index contributed by atoms with van der Waals surface area (Å²) in [4.78, 5) is 2.85. The molecule has 2 aliphatic rings. The maximum atomic E-state index is 5.14. The third kappa shape index (κ3) is 4.71. The molecule has 1 N–H and O–H groups in total. The van der Waals surface area contributed by atoms with Crippen LogP contribution in [0.5, 0.6) is 0 Å². The Balaban J connectivity index is 1.73. The molecule has 0 radical (unpaired) electrons. The van der Waals surface area contributed by atoms with Gasteiger partial charge in [-0.05, 0) is 64.5 Å². The Morgan fingerprint density at radius 3 is 2.50 bits per heavy atom. The van der Waals surface area contributed by atoms with Gasteiger partial charge < -0.3 is 10.1 Å². The van der Waals surface area contributed by atoms with Crippen molar-refractivity contribution in [3.8, 4) is 0 Å². The van der Waals surface area contributed by atoms with Crippen molar-refractivity contribution in [2.45, 2.75) is 82.8 Å². The van der Waals surface area contributed by atoms with E-state index in [1.165, 1.54) is 70.9 Å². The van der Waals surface area contributed by atoms with Crippen LogP contribution in [0.1, 0.15) is 64.7 Å². The summed E-state index contributed by atoms with van der Waals surface area (Å²) in [5.74, 6) is 0. The van der Waals surface area contributed by atoms with Crippen molar-refractivity contribution in [3.05, 3.63) is 0 Å². The van der Waals surface area contributed by atoms with Gasteiger partial charge in [-0.25, -0.2) is 0 Å². The number of unbranched alkanes of at least 4 members (excludes halogenated alkanes) is 2. The van der Waals surface area contributed by atoms with Gasteiger partial charge in [0.05, 0.1) is 0 Å². The van der Waals surface area contributed by atoms with Crippen LogP contribution in [0.2, 0.25) is 0 Å². The van der Waals surface area contributed by atoms with Gasteiger partial charge in [0.1, 0.15) is 0 Å². The summed E-state index contributed by atoms with van der Waals surface area (Å²) >= 11 is 0. The molecule has 2 bridgehead atoms. The lowest BCUT2D eigenvalue weighted by molar-refractivity contribution is 0.0230. The normalized spacial score (nSPS) is 30.6. The molecule has 2 fully saturated rings. The van der Waals surface area contributed by atoms with E-state index in [0.29, 0.717) is 0 Å². The van der Waals surface area contributed by atoms with Gasteiger partial charge in [0.15, 0.2) is 0 Å². The second-order valence-electron chi connectivity index (χ2n) is 6.65. The van der Waals surface area contributed by atoms with E-state index in [1.807, 2.05) is 0 Å². The second-order valence-corrected chi connectivity index (χ2v) is 6.65. The Bertz CT molecular complexity index is 245. The fraction of sp³-hybridized carbons (Fsp3) is 1.00. The van der Waals surface area contributed by atoms with Gasteiger partial charge >= 0.3 is 0 Å². The molecule has 20 heavy (non-hydrogen) atoms. The van der Waals surface area contributed by atoms with E-state index in [9.17, 15) is 0 Å². The van der Waals surface area contributed by atoms with Crippen molar-refractivity contribution < 1.29 is 4.74 Å². The largest absolute Gasteiger partial charge is 0.385 e. The minimum atomic E-state index is 0.787. The number of piperidine rings is 2. The zero-order valence-electron chi connectivity index (χ0n) is 13.6. The highest BCUT2D eigenvalue weighted by Crippen LogP contribution is 2.34. The monoisotopic (exact) mass is 282 g/mol. The first-order chi connectivity index (χ1) is 9.85. The third-order valence-corrected chi connectivity index (χ3v) is 5.07. The van der Waals surface area contributed by atoms with Crippen molar-refractivity contribution in [2.24, 2.45) is 0 Å². The van der Waals surface area contributed by atoms with Gasteiger partial charge in [-0.15, -0.1) is 0 Å². The predicted octanol–water partition coefficient (Wildman–Crippen LogP) is 3.19. The summed E-state index contributed by atoms with van der Waals surface area (Å²) in [7, 11) is 1.80. The predicted molar refractivity (Wildman–Crippen MR) is 85.2 cm³/mol. The van der Waals surface area contributed by atoms with Crippen molar-refractivity contribution >= 4 is 0 Å². The van der Waals surface area contributed by atoms with Crippen molar-refractivity contribution in [2.75, 3.05) is 26.8 Å². The molecule has 0 aromatic heterocycles. The number of ether oxygens (including phenoxy) is 1. The molecule has 2 heterocycles. The number of rotatable bonds is 9. The van der Waals surface area contributed by atoms with Gasteiger partial charge in [-0.1, -0.05) is 13.3 Å². The average molecular weight is 282 g/mol. The quantitative estimate of drug-likeness (QED) is 0.657. The third-order valence-electron chi connectivity index (χ3n) is 5.07. The highest BCUT2D eigenvalue weighted by Gasteiger charge is 2.37. The van der Waals surface area contributed by atoms with E-state index in [1.54, 1.807) is 7.11 Å². The summed E-state index contributed by atoms with van der Waals surface area (Å²) in [6.07, 6.45) is 12.2. The maximum Gasteiger partial charge on any atom is 0.0462 e. The highest BCUT2D eigenvalue weighted by atomic mass is 16.5. The number of nitrogens with zero attached hydrogens (tertiary/aromatic N) is 1. The first kappa shape index (κ1) is 16.3. The molecular formula is C17H34N2O. The molecular weight excluding hydrogens is 248 g/mol. The van der Waals surface area contributed by atoms with E-state index in [0.717, 1.165) is 24.7 Å². The summed E-state index contributed by atoms with van der Waals surface area (Å²) < 4.78 is 5.14. The van der Waals surface area contributed by atoms with Gasteiger partial charge in [0, 0.05) is 31.8 Å². The standard InChI is InChI=1S/C17H34N2O/c1-3-10-18-15-13-16-8-7-9-17(14-15)19(16)11-5-4-6-12-20-2/h15-18H,3-14H2,1-2H3. The van der Waals surface area contributed by atoms with Crippen LogP contribution >= 0.6 is 0 Å². The van der Waals surface area contributed by atoms with Crippen molar-refractivity contribution in [3.63, 3.8) is 0 Å². The number of hydrogen-bond donors (Lipinski definition) is 1. The number of nitrogens with one attached hydrogen (secondary N) is 1. The number of hydrogen-bond acceptors (Lipinski definition) is 3. The zero-order valence-corrected chi connectivity index (χ0v) is 13.6. The van der Waals surface area contributed by atoms with Crippen molar-refractivity contribution in [1.29, 1.82) is 0 Å². The summed E-state index contributed by atoms with van der Waals surface area (Å²) in [6.45, 7) is 5.71.